The number of hydrogen-bond acceptors (Lipinski definition) is 5. The van der Waals surface area contributed by atoms with Crippen LogP contribution in [0.3, 0.4) is 0 Å². The van der Waals surface area contributed by atoms with Crippen LogP contribution in [0.1, 0.15) is 98.8 Å². The summed E-state index contributed by atoms with van der Waals surface area (Å²) in [5.74, 6) is 2.42. The number of aliphatic hydroxyl groups is 2. The first-order chi connectivity index (χ1) is 16.9. The van der Waals surface area contributed by atoms with E-state index in [0.717, 1.165) is 32.1 Å². The molecule has 4 rings (SSSR count). The fourth-order valence-corrected chi connectivity index (χ4v) is 9.61. The van der Waals surface area contributed by atoms with Gasteiger partial charge in [0.05, 0.1) is 19.3 Å². The fourth-order valence-electron chi connectivity index (χ4n) is 9.61. The highest BCUT2D eigenvalue weighted by Crippen LogP contribution is 2.68. The Bertz CT molecular complexity index is 815. The molecule has 11 atom stereocenters. The van der Waals surface area contributed by atoms with Gasteiger partial charge in [0.15, 0.2) is 0 Å². The van der Waals surface area contributed by atoms with Gasteiger partial charge >= 0.3 is 5.97 Å². The molecule has 6 nitrogen and oxygen atoms in total. The number of fused-ring (bicyclic) bond motifs is 5. The number of ether oxygens (including phenoxy) is 1. The van der Waals surface area contributed by atoms with E-state index in [2.05, 4.69) is 26.1 Å². The molecule has 4 saturated carbocycles. The van der Waals surface area contributed by atoms with E-state index in [9.17, 15) is 19.8 Å². The summed E-state index contributed by atoms with van der Waals surface area (Å²) in [5.41, 5.74) is 0.459. The predicted molar refractivity (Wildman–Crippen MR) is 140 cm³/mol. The third kappa shape index (κ3) is 4.86. The highest BCUT2D eigenvalue weighted by Gasteiger charge is 2.62. The third-order valence-corrected chi connectivity index (χ3v) is 11.7. The summed E-state index contributed by atoms with van der Waals surface area (Å²) in [7, 11) is 1.36. The third-order valence-electron chi connectivity index (χ3n) is 11.7. The lowest BCUT2D eigenvalue weighted by molar-refractivity contribution is -0.174. The van der Waals surface area contributed by atoms with Gasteiger partial charge in [-0.3, -0.25) is 4.79 Å². The summed E-state index contributed by atoms with van der Waals surface area (Å²) in [5, 5.41) is 24.6. The molecule has 4 aliphatic rings. The van der Waals surface area contributed by atoms with Crippen molar-refractivity contribution < 1.29 is 24.5 Å². The van der Waals surface area contributed by atoms with Crippen LogP contribution in [0.4, 0.5) is 0 Å². The van der Waals surface area contributed by atoms with Crippen molar-refractivity contribution in [2.75, 3.05) is 7.11 Å². The minimum Gasteiger partial charge on any atom is -0.467 e. The standard InChI is InChI=1S/C30H51NO5/c1-17(2)27(28(35)36-6)31-25(34)10-7-18(3)21-8-9-22-26-23(12-14-30(21,22)5)29(4)13-11-20(32)15-19(29)16-24(26)33/h17-24,26-27,32-33H,7-16H2,1-6H3,(H,31,34)/t18-,19+,20-,21-,22+,23+,24-,26+,27+,29+,30-/m1/s1. The van der Waals surface area contributed by atoms with Gasteiger partial charge in [-0.1, -0.05) is 34.6 Å². The monoisotopic (exact) mass is 505 g/mol. The zero-order valence-electron chi connectivity index (χ0n) is 23.5. The molecule has 4 fully saturated rings. The van der Waals surface area contributed by atoms with Crippen LogP contribution in [0.25, 0.3) is 0 Å². The molecule has 36 heavy (non-hydrogen) atoms. The van der Waals surface area contributed by atoms with E-state index in [1.807, 2.05) is 13.8 Å². The van der Waals surface area contributed by atoms with Crippen molar-refractivity contribution in [1.82, 2.24) is 5.32 Å². The van der Waals surface area contributed by atoms with Gasteiger partial charge in [-0.15, -0.1) is 0 Å². The summed E-state index contributed by atoms with van der Waals surface area (Å²) in [4.78, 5) is 24.7. The van der Waals surface area contributed by atoms with Crippen molar-refractivity contribution >= 4 is 11.9 Å². The van der Waals surface area contributed by atoms with E-state index in [1.54, 1.807) is 0 Å². The maximum absolute atomic E-state index is 12.7. The Kier molecular flexibility index (Phi) is 8.17. The highest BCUT2D eigenvalue weighted by atomic mass is 16.5. The molecule has 6 heteroatoms. The lowest BCUT2D eigenvalue weighted by Crippen LogP contribution is -2.58. The van der Waals surface area contributed by atoms with Crippen molar-refractivity contribution in [2.45, 2.75) is 117 Å². The Balaban J connectivity index is 1.40. The van der Waals surface area contributed by atoms with E-state index in [-0.39, 0.29) is 40.8 Å². The van der Waals surface area contributed by atoms with Crippen LogP contribution in [0, 0.1) is 52.3 Å². The maximum atomic E-state index is 12.7. The molecule has 3 N–H and O–H groups in total. The van der Waals surface area contributed by atoms with Gasteiger partial charge in [0, 0.05) is 6.42 Å². The summed E-state index contributed by atoms with van der Waals surface area (Å²) < 4.78 is 4.86. The van der Waals surface area contributed by atoms with Crippen LogP contribution in [-0.4, -0.2) is 47.4 Å². The summed E-state index contributed by atoms with van der Waals surface area (Å²) in [6.07, 6.45) is 9.23. The number of esters is 1. The first kappa shape index (κ1) is 27.9. The van der Waals surface area contributed by atoms with E-state index in [4.69, 9.17) is 4.74 Å². The Labute approximate surface area is 218 Å². The maximum Gasteiger partial charge on any atom is 0.328 e. The van der Waals surface area contributed by atoms with Crippen LogP contribution >= 0.6 is 0 Å². The molecule has 0 aromatic carbocycles. The molecule has 0 spiro atoms. The molecular formula is C30H51NO5. The number of carbonyl (C=O) groups is 2. The molecule has 0 bridgehead atoms. The number of hydrogen-bond donors (Lipinski definition) is 3. The molecule has 0 radical (unpaired) electrons. The van der Waals surface area contributed by atoms with E-state index in [0.29, 0.717) is 41.9 Å². The van der Waals surface area contributed by atoms with Gasteiger partial charge in [0.1, 0.15) is 6.04 Å². The van der Waals surface area contributed by atoms with Crippen LogP contribution in [0.15, 0.2) is 0 Å². The average molecular weight is 506 g/mol. The van der Waals surface area contributed by atoms with Crippen LogP contribution in [0.5, 0.6) is 0 Å². The lowest BCUT2D eigenvalue weighted by Gasteiger charge is -2.62. The number of amides is 1. The first-order valence-electron chi connectivity index (χ1n) is 14.7. The molecule has 4 aliphatic carbocycles. The second-order valence-electron chi connectivity index (χ2n) is 13.8. The molecular weight excluding hydrogens is 454 g/mol. The van der Waals surface area contributed by atoms with Crippen molar-refractivity contribution in [3.8, 4) is 0 Å². The Morgan fingerprint density at radius 1 is 0.972 bits per heavy atom. The SMILES string of the molecule is COC(=O)[C@@H](NC(=O)CC[C@@H](C)[C@H]1CC[C@H]2[C@@H]3[C@H](O)C[C@@H]4C[C@H](O)CC[C@]4(C)[C@H]3CC[C@]12C)C(C)C. The van der Waals surface area contributed by atoms with E-state index < -0.39 is 6.04 Å². The van der Waals surface area contributed by atoms with Gasteiger partial charge in [-0.05, 0) is 110 Å². The molecule has 0 unspecified atom stereocenters. The van der Waals surface area contributed by atoms with Gasteiger partial charge < -0.3 is 20.3 Å². The molecule has 0 aromatic heterocycles. The Morgan fingerprint density at radius 3 is 2.31 bits per heavy atom. The first-order valence-corrected chi connectivity index (χ1v) is 14.7. The van der Waals surface area contributed by atoms with E-state index in [1.165, 1.54) is 32.8 Å². The second kappa shape index (κ2) is 10.6. The summed E-state index contributed by atoms with van der Waals surface area (Å²) in [6.45, 7) is 11.1. The van der Waals surface area contributed by atoms with Crippen LogP contribution in [-0.2, 0) is 14.3 Å². The second-order valence-corrected chi connectivity index (χ2v) is 13.8. The van der Waals surface area contributed by atoms with Gasteiger partial charge in [-0.25, -0.2) is 4.79 Å². The fraction of sp³-hybridized carbons (Fsp3) is 0.933. The molecule has 1 amide bonds. The molecule has 0 aromatic rings. The predicted octanol–water partition coefficient (Wildman–Crippen LogP) is 4.71. The van der Waals surface area contributed by atoms with Crippen molar-refractivity contribution in [2.24, 2.45) is 52.3 Å². The summed E-state index contributed by atoms with van der Waals surface area (Å²) in [6, 6.07) is -0.597. The number of aliphatic hydroxyl groups excluding tert-OH is 2. The zero-order valence-corrected chi connectivity index (χ0v) is 23.5. The van der Waals surface area contributed by atoms with Gasteiger partial charge in [-0.2, -0.15) is 0 Å². The molecule has 0 saturated heterocycles. The smallest absolute Gasteiger partial charge is 0.328 e. The average Bonchev–Trinajstić information content (AvgIpc) is 3.18. The van der Waals surface area contributed by atoms with Crippen LogP contribution in [0.2, 0.25) is 0 Å². The quantitative estimate of drug-likeness (QED) is 0.436. The van der Waals surface area contributed by atoms with Crippen molar-refractivity contribution in [3.63, 3.8) is 0 Å². The molecule has 0 aliphatic heterocycles. The number of rotatable bonds is 7. The minimum atomic E-state index is -0.597. The van der Waals surface area contributed by atoms with Crippen LogP contribution < -0.4 is 5.32 Å². The normalized spacial score (nSPS) is 43.6. The number of carbonyl (C=O) groups excluding carboxylic acids is 2. The molecule has 206 valence electrons. The highest BCUT2D eigenvalue weighted by molar-refractivity contribution is 5.84. The van der Waals surface area contributed by atoms with Crippen molar-refractivity contribution in [1.29, 1.82) is 0 Å². The number of methoxy groups -OCH3 is 1. The van der Waals surface area contributed by atoms with E-state index >= 15 is 0 Å². The summed E-state index contributed by atoms with van der Waals surface area (Å²) >= 11 is 0. The Morgan fingerprint density at radius 2 is 1.64 bits per heavy atom. The molecule has 0 heterocycles. The lowest BCUT2D eigenvalue weighted by atomic mass is 9.43. The largest absolute Gasteiger partial charge is 0.467 e. The zero-order chi connectivity index (χ0) is 26.4. The number of nitrogens with one attached hydrogen (secondary N) is 1. The van der Waals surface area contributed by atoms with Crippen molar-refractivity contribution in [3.05, 3.63) is 0 Å². The topological polar surface area (TPSA) is 95.9 Å². The van der Waals surface area contributed by atoms with Gasteiger partial charge in [0.2, 0.25) is 5.91 Å². The Hall–Kier alpha value is -1.14. The minimum absolute atomic E-state index is 0.0145. The van der Waals surface area contributed by atoms with Gasteiger partial charge in [0.25, 0.3) is 0 Å².